The van der Waals surface area contributed by atoms with Gasteiger partial charge in [0, 0.05) is 26.2 Å². The molecule has 106 valence electrons. The number of amides is 1. The predicted octanol–water partition coefficient (Wildman–Crippen LogP) is 0.696. The minimum atomic E-state index is -0.0507. The normalized spacial score (nSPS) is 21.6. The Hall–Kier alpha value is -2.11. The molecular formula is C14H18N4O2. The van der Waals surface area contributed by atoms with Gasteiger partial charge in [-0.05, 0) is 18.6 Å². The highest BCUT2D eigenvalue weighted by Crippen LogP contribution is 2.23. The van der Waals surface area contributed by atoms with Crippen LogP contribution in [0.5, 0.6) is 5.88 Å². The van der Waals surface area contributed by atoms with E-state index in [1.165, 1.54) is 0 Å². The second-order valence-corrected chi connectivity index (χ2v) is 5.08. The van der Waals surface area contributed by atoms with Gasteiger partial charge < -0.3 is 15.0 Å². The number of nitrogens with zero attached hydrogens (tertiary/aromatic N) is 3. The van der Waals surface area contributed by atoms with E-state index in [2.05, 4.69) is 15.3 Å². The van der Waals surface area contributed by atoms with Crippen LogP contribution in [-0.2, 0) is 0 Å². The van der Waals surface area contributed by atoms with Gasteiger partial charge in [0.15, 0.2) is 0 Å². The summed E-state index contributed by atoms with van der Waals surface area (Å²) in [6, 6.07) is 3.51. The fourth-order valence-corrected chi connectivity index (χ4v) is 2.50. The summed E-state index contributed by atoms with van der Waals surface area (Å²) in [5.74, 6) is 1.44. The van der Waals surface area contributed by atoms with Gasteiger partial charge >= 0.3 is 0 Å². The van der Waals surface area contributed by atoms with Crippen LogP contribution in [0.25, 0.3) is 0 Å². The van der Waals surface area contributed by atoms with Crippen molar-refractivity contribution >= 4 is 11.7 Å². The molecule has 2 aliphatic heterocycles. The molecule has 1 N–H and O–H groups in total. The average molecular weight is 274 g/mol. The topological polar surface area (TPSA) is 66.8 Å². The van der Waals surface area contributed by atoms with E-state index >= 15 is 0 Å². The minimum absolute atomic E-state index is 0.0352. The molecule has 20 heavy (non-hydrogen) atoms. The number of pyridine rings is 1. The summed E-state index contributed by atoms with van der Waals surface area (Å²) in [6.45, 7) is 2.34. The van der Waals surface area contributed by atoms with Gasteiger partial charge in [-0.25, -0.2) is 4.98 Å². The SMILES string of the molecule is CN1CC(CCC2=NCCN2)Oc2ncccc2C1=O. The number of carbonyl (C=O) groups excluding carboxylic acids is 1. The molecule has 1 aromatic rings. The van der Waals surface area contributed by atoms with E-state index < -0.39 is 0 Å². The van der Waals surface area contributed by atoms with Crippen LogP contribution >= 0.6 is 0 Å². The summed E-state index contributed by atoms with van der Waals surface area (Å²) >= 11 is 0. The zero-order chi connectivity index (χ0) is 13.9. The molecule has 6 heteroatoms. The number of ether oxygens (including phenoxy) is 1. The van der Waals surface area contributed by atoms with Crippen molar-refractivity contribution in [2.24, 2.45) is 4.99 Å². The van der Waals surface area contributed by atoms with Gasteiger partial charge in [-0.1, -0.05) is 0 Å². The Balaban J connectivity index is 1.72. The van der Waals surface area contributed by atoms with Gasteiger partial charge in [0.1, 0.15) is 11.7 Å². The number of hydrogen-bond donors (Lipinski definition) is 1. The third-order valence-electron chi connectivity index (χ3n) is 3.55. The first-order valence-electron chi connectivity index (χ1n) is 6.88. The first kappa shape index (κ1) is 12.9. The molecular weight excluding hydrogens is 256 g/mol. The lowest BCUT2D eigenvalue weighted by atomic mass is 10.1. The Bertz CT molecular complexity index is 544. The summed E-state index contributed by atoms with van der Waals surface area (Å²) < 4.78 is 5.90. The molecule has 0 spiro atoms. The molecule has 6 nitrogen and oxygen atoms in total. The molecule has 1 amide bonds. The largest absolute Gasteiger partial charge is 0.472 e. The fraction of sp³-hybridized carbons (Fsp3) is 0.500. The standard InChI is InChI=1S/C14H18N4O2/c1-18-9-10(4-5-12-15-7-8-16-12)20-13-11(14(18)19)3-2-6-17-13/h2-3,6,10H,4-5,7-9H2,1H3,(H,15,16). The lowest BCUT2D eigenvalue weighted by Crippen LogP contribution is -2.34. The third kappa shape index (κ3) is 2.59. The van der Waals surface area contributed by atoms with Crippen LogP contribution < -0.4 is 10.1 Å². The van der Waals surface area contributed by atoms with Crippen molar-refractivity contribution in [3.63, 3.8) is 0 Å². The number of amidine groups is 1. The van der Waals surface area contributed by atoms with Crippen LogP contribution in [-0.4, -0.2) is 54.4 Å². The van der Waals surface area contributed by atoms with E-state index in [1.54, 1.807) is 30.3 Å². The molecule has 1 atom stereocenters. The van der Waals surface area contributed by atoms with E-state index in [9.17, 15) is 4.79 Å². The van der Waals surface area contributed by atoms with Gasteiger partial charge in [-0.2, -0.15) is 0 Å². The lowest BCUT2D eigenvalue weighted by Gasteiger charge is -2.20. The highest BCUT2D eigenvalue weighted by Gasteiger charge is 2.27. The number of carbonyl (C=O) groups is 1. The molecule has 0 aromatic carbocycles. The quantitative estimate of drug-likeness (QED) is 0.881. The third-order valence-corrected chi connectivity index (χ3v) is 3.55. The minimum Gasteiger partial charge on any atom is -0.472 e. The van der Waals surface area contributed by atoms with Gasteiger partial charge in [0.2, 0.25) is 5.88 Å². The highest BCUT2D eigenvalue weighted by atomic mass is 16.5. The van der Waals surface area contributed by atoms with E-state index in [0.29, 0.717) is 18.0 Å². The van der Waals surface area contributed by atoms with Crippen molar-refractivity contribution in [2.45, 2.75) is 18.9 Å². The molecule has 3 rings (SSSR count). The monoisotopic (exact) mass is 274 g/mol. The van der Waals surface area contributed by atoms with Crippen molar-refractivity contribution in [3.8, 4) is 5.88 Å². The molecule has 2 aliphatic rings. The lowest BCUT2D eigenvalue weighted by molar-refractivity contribution is 0.0756. The molecule has 0 bridgehead atoms. The smallest absolute Gasteiger partial charge is 0.259 e. The molecule has 1 aromatic heterocycles. The predicted molar refractivity (Wildman–Crippen MR) is 75.2 cm³/mol. The summed E-state index contributed by atoms with van der Waals surface area (Å²) in [5, 5.41) is 3.25. The Kier molecular flexibility index (Phi) is 3.54. The van der Waals surface area contributed by atoms with Crippen molar-refractivity contribution in [2.75, 3.05) is 26.7 Å². The van der Waals surface area contributed by atoms with Gasteiger partial charge in [-0.15, -0.1) is 0 Å². The Morgan fingerprint density at radius 3 is 3.25 bits per heavy atom. The molecule has 0 radical (unpaired) electrons. The van der Waals surface area contributed by atoms with Crippen molar-refractivity contribution < 1.29 is 9.53 Å². The summed E-state index contributed by atoms with van der Waals surface area (Å²) in [7, 11) is 1.80. The fourth-order valence-electron chi connectivity index (χ4n) is 2.50. The first-order chi connectivity index (χ1) is 9.74. The summed E-state index contributed by atoms with van der Waals surface area (Å²) in [5.41, 5.74) is 0.536. The maximum Gasteiger partial charge on any atom is 0.259 e. The summed E-state index contributed by atoms with van der Waals surface area (Å²) in [6.07, 6.45) is 3.26. The Morgan fingerprint density at radius 1 is 1.55 bits per heavy atom. The van der Waals surface area contributed by atoms with Crippen LogP contribution in [0.2, 0.25) is 0 Å². The Morgan fingerprint density at radius 2 is 2.45 bits per heavy atom. The van der Waals surface area contributed by atoms with Crippen LogP contribution in [0, 0.1) is 0 Å². The first-order valence-corrected chi connectivity index (χ1v) is 6.88. The number of aliphatic imine (C=N–C) groups is 1. The van der Waals surface area contributed by atoms with Crippen LogP contribution in [0.3, 0.4) is 0 Å². The average Bonchev–Trinajstić information content (AvgIpc) is 2.94. The van der Waals surface area contributed by atoms with Crippen LogP contribution in [0.1, 0.15) is 23.2 Å². The van der Waals surface area contributed by atoms with Gasteiger partial charge in [0.05, 0.1) is 18.9 Å². The number of rotatable bonds is 3. The molecule has 1 unspecified atom stereocenters. The van der Waals surface area contributed by atoms with Crippen molar-refractivity contribution in [1.82, 2.24) is 15.2 Å². The van der Waals surface area contributed by atoms with Crippen molar-refractivity contribution in [3.05, 3.63) is 23.9 Å². The molecule has 3 heterocycles. The number of fused-ring (bicyclic) bond motifs is 1. The maximum absolute atomic E-state index is 12.2. The van der Waals surface area contributed by atoms with Crippen LogP contribution in [0.15, 0.2) is 23.3 Å². The number of nitrogens with one attached hydrogen (secondary N) is 1. The van der Waals surface area contributed by atoms with Gasteiger partial charge in [-0.3, -0.25) is 9.79 Å². The van der Waals surface area contributed by atoms with E-state index in [1.807, 2.05) is 0 Å². The highest BCUT2D eigenvalue weighted by molar-refractivity contribution is 5.96. The number of likely N-dealkylation sites (N-methyl/N-ethyl adjacent to an activating group) is 1. The zero-order valence-electron chi connectivity index (χ0n) is 11.5. The number of hydrogen-bond acceptors (Lipinski definition) is 5. The van der Waals surface area contributed by atoms with Crippen molar-refractivity contribution in [1.29, 1.82) is 0 Å². The Labute approximate surface area is 117 Å². The molecule has 0 saturated heterocycles. The van der Waals surface area contributed by atoms with E-state index in [0.717, 1.165) is 31.8 Å². The van der Waals surface area contributed by atoms with E-state index in [-0.39, 0.29) is 12.0 Å². The van der Waals surface area contributed by atoms with E-state index in [4.69, 9.17) is 4.74 Å². The molecule has 0 fully saturated rings. The second kappa shape index (κ2) is 5.48. The summed E-state index contributed by atoms with van der Waals surface area (Å²) in [4.78, 5) is 22.5. The molecule has 0 saturated carbocycles. The van der Waals surface area contributed by atoms with Crippen LogP contribution in [0.4, 0.5) is 0 Å². The maximum atomic E-state index is 12.2. The zero-order valence-corrected chi connectivity index (χ0v) is 11.5. The van der Waals surface area contributed by atoms with Gasteiger partial charge in [0.25, 0.3) is 5.91 Å². The second-order valence-electron chi connectivity index (χ2n) is 5.08. The number of aromatic nitrogens is 1. The molecule has 0 aliphatic carbocycles.